The number of halogens is 2. The van der Waals surface area contributed by atoms with E-state index in [1.54, 1.807) is 0 Å². The number of hydrogen-bond donors (Lipinski definition) is 1. The summed E-state index contributed by atoms with van der Waals surface area (Å²) in [4.78, 5) is 14.6. The van der Waals surface area contributed by atoms with Crippen LogP contribution in [0.25, 0.3) is 10.9 Å². The molecule has 0 aliphatic carbocycles. The maximum Gasteiger partial charge on any atom is 0.189 e. The normalized spacial score (nSPS) is 10.9. The van der Waals surface area contributed by atoms with Gasteiger partial charge in [-0.3, -0.25) is 4.79 Å². The molecular weight excluding hydrogens is 212 g/mol. The van der Waals surface area contributed by atoms with E-state index in [1.807, 2.05) is 6.92 Å². The molecule has 0 unspecified atom stereocenters. The number of pyridine rings is 1. The van der Waals surface area contributed by atoms with Gasteiger partial charge in [-0.1, -0.05) is 13.3 Å². The Morgan fingerprint density at radius 3 is 2.56 bits per heavy atom. The fraction of sp³-hybridized carbons (Fsp3) is 0.250. The zero-order chi connectivity index (χ0) is 11.7. The summed E-state index contributed by atoms with van der Waals surface area (Å²) < 4.78 is 26.0. The zero-order valence-electron chi connectivity index (χ0n) is 8.81. The Morgan fingerprint density at radius 2 is 1.88 bits per heavy atom. The van der Waals surface area contributed by atoms with Crippen molar-refractivity contribution in [3.05, 3.63) is 45.8 Å². The molecule has 1 heterocycles. The number of aromatic amines is 1. The van der Waals surface area contributed by atoms with Gasteiger partial charge in [0.25, 0.3) is 0 Å². The third-order valence-corrected chi connectivity index (χ3v) is 2.45. The van der Waals surface area contributed by atoms with Gasteiger partial charge in [-0.05, 0) is 12.5 Å². The van der Waals surface area contributed by atoms with Gasteiger partial charge in [-0.15, -0.1) is 0 Å². The first-order chi connectivity index (χ1) is 7.61. The number of hydrogen-bond acceptors (Lipinski definition) is 1. The van der Waals surface area contributed by atoms with Gasteiger partial charge in [-0.2, -0.15) is 0 Å². The smallest absolute Gasteiger partial charge is 0.189 e. The minimum Gasteiger partial charge on any atom is -0.358 e. The van der Waals surface area contributed by atoms with Crippen molar-refractivity contribution in [2.45, 2.75) is 19.8 Å². The number of fused-ring (bicyclic) bond motifs is 1. The molecule has 1 aromatic heterocycles. The van der Waals surface area contributed by atoms with E-state index >= 15 is 0 Å². The third kappa shape index (κ3) is 1.83. The Hall–Kier alpha value is -1.71. The van der Waals surface area contributed by atoms with Gasteiger partial charge < -0.3 is 4.98 Å². The molecule has 0 fully saturated rings. The molecule has 0 aliphatic heterocycles. The van der Waals surface area contributed by atoms with Crippen LogP contribution in [0.5, 0.6) is 0 Å². The van der Waals surface area contributed by atoms with Crippen molar-refractivity contribution in [3.8, 4) is 0 Å². The molecular formula is C12H11F2NO. The van der Waals surface area contributed by atoms with Gasteiger partial charge in [0, 0.05) is 23.2 Å². The first-order valence-electron chi connectivity index (χ1n) is 5.12. The van der Waals surface area contributed by atoms with Crippen LogP contribution in [0.4, 0.5) is 8.78 Å². The summed E-state index contributed by atoms with van der Waals surface area (Å²) in [6, 6.07) is 3.38. The van der Waals surface area contributed by atoms with Crippen molar-refractivity contribution in [3.63, 3.8) is 0 Å². The number of H-pyrrole nitrogens is 1. The predicted molar refractivity (Wildman–Crippen MR) is 58.5 cm³/mol. The maximum atomic E-state index is 13.0. The number of nitrogens with one attached hydrogen (secondary N) is 1. The lowest BCUT2D eigenvalue weighted by Gasteiger charge is -2.03. The van der Waals surface area contributed by atoms with Crippen LogP contribution in [0, 0.1) is 11.6 Å². The van der Waals surface area contributed by atoms with Crippen molar-refractivity contribution in [2.75, 3.05) is 0 Å². The van der Waals surface area contributed by atoms with Crippen molar-refractivity contribution in [1.29, 1.82) is 0 Å². The molecule has 0 atom stereocenters. The SMILES string of the molecule is CCCc1cc(=O)c2cc(F)c(F)cc2[nH]1. The molecule has 0 saturated heterocycles. The van der Waals surface area contributed by atoms with Gasteiger partial charge >= 0.3 is 0 Å². The number of rotatable bonds is 2. The van der Waals surface area contributed by atoms with E-state index in [0.29, 0.717) is 11.9 Å². The highest BCUT2D eigenvalue weighted by Gasteiger charge is 2.07. The number of aryl methyl sites for hydroxylation is 1. The monoisotopic (exact) mass is 223 g/mol. The standard InChI is InChI=1S/C12H11F2NO/c1-2-3-7-4-12(16)8-5-9(13)10(14)6-11(8)15-7/h4-6H,2-3H2,1H3,(H,15,16). The summed E-state index contributed by atoms with van der Waals surface area (Å²) in [5.41, 5.74) is 0.803. The largest absolute Gasteiger partial charge is 0.358 e. The lowest BCUT2D eigenvalue weighted by atomic mass is 10.1. The van der Waals surface area contributed by atoms with E-state index in [1.165, 1.54) is 6.07 Å². The molecule has 0 bridgehead atoms. The van der Waals surface area contributed by atoms with Crippen LogP contribution in [0.2, 0.25) is 0 Å². The summed E-state index contributed by atoms with van der Waals surface area (Å²) in [7, 11) is 0. The van der Waals surface area contributed by atoms with Crippen LogP contribution in [0.3, 0.4) is 0 Å². The molecule has 0 spiro atoms. The maximum absolute atomic E-state index is 13.0. The van der Waals surface area contributed by atoms with E-state index in [9.17, 15) is 13.6 Å². The Morgan fingerprint density at radius 1 is 1.19 bits per heavy atom. The fourth-order valence-corrected chi connectivity index (χ4v) is 1.70. The molecule has 2 nitrogen and oxygen atoms in total. The lowest BCUT2D eigenvalue weighted by Crippen LogP contribution is -2.06. The quantitative estimate of drug-likeness (QED) is 0.834. The topological polar surface area (TPSA) is 32.9 Å². The molecule has 0 aliphatic rings. The first-order valence-corrected chi connectivity index (χ1v) is 5.12. The van der Waals surface area contributed by atoms with Crippen LogP contribution in [-0.2, 0) is 6.42 Å². The Balaban J connectivity index is 2.72. The van der Waals surface area contributed by atoms with E-state index in [-0.39, 0.29) is 10.8 Å². The molecule has 2 rings (SSSR count). The molecule has 0 saturated carbocycles. The number of benzene rings is 1. The second kappa shape index (κ2) is 4.04. The van der Waals surface area contributed by atoms with Crippen molar-refractivity contribution < 1.29 is 8.78 Å². The van der Waals surface area contributed by atoms with Crippen molar-refractivity contribution in [2.24, 2.45) is 0 Å². The van der Waals surface area contributed by atoms with E-state index < -0.39 is 11.6 Å². The highest BCUT2D eigenvalue weighted by atomic mass is 19.2. The second-order valence-corrected chi connectivity index (χ2v) is 3.72. The van der Waals surface area contributed by atoms with Crippen LogP contribution in [0.15, 0.2) is 23.0 Å². The third-order valence-electron chi connectivity index (χ3n) is 2.45. The first kappa shape index (κ1) is 10.8. The summed E-state index contributed by atoms with van der Waals surface area (Å²) in [6.07, 6.45) is 1.59. The van der Waals surface area contributed by atoms with Gasteiger partial charge in [-0.25, -0.2) is 8.78 Å². The summed E-state index contributed by atoms with van der Waals surface area (Å²) in [6.45, 7) is 1.98. The zero-order valence-corrected chi connectivity index (χ0v) is 8.81. The molecule has 2 aromatic rings. The van der Waals surface area contributed by atoms with Crippen molar-refractivity contribution >= 4 is 10.9 Å². The fourth-order valence-electron chi connectivity index (χ4n) is 1.70. The minimum absolute atomic E-state index is 0.179. The van der Waals surface area contributed by atoms with E-state index in [4.69, 9.17) is 0 Å². The molecule has 1 aromatic carbocycles. The lowest BCUT2D eigenvalue weighted by molar-refractivity contribution is 0.510. The highest BCUT2D eigenvalue weighted by Crippen LogP contribution is 2.14. The van der Waals surface area contributed by atoms with Gasteiger partial charge in [0.05, 0.1) is 5.52 Å². The highest BCUT2D eigenvalue weighted by molar-refractivity contribution is 5.78. The number of aromatic nitrogens is 1. The molecule has 16 heavy (non-hydrogen) atoms. The molecule has 0 radical (unpaired) electrons. The minimum atomic E-state index is -0.999. The van der Waals surface area contributed by atoms with Crippen LogP contribution in [-0.4, -0.2) is 4.98 Å². The van der Waals surface area contributed by atoms with Gasteiger partial charge in [0.15, 0.2) is 17.1 Å². The van der Waals surface area contributed by atoms with Crippen LogP contribution in [0.1, 0.15) is 19.0 Å². The Labute approximate surface area is 90.9 Å². The Bertz CT molecular complexity index is 589. The van der Waals surface area contributed by atoms with Crippen LogP contribution < -0.4 is 5.43 Å². The molecule has 84 valence electrons. The van der Waals surface area contributed by atoms with Crippen LogP contribution >= 0.6 is 0 Å². The van der Waals surface area contributed by atoms with E-state index in [0.717, 1.165) is 24.2 Å². The second-order valence-electron chi connectivity index (χ2n) is 3.72. The summed E-state index contributed by atoms with van der Waals surface area (Å²) in [5.74, 6) is -1.95. The molecule has 1 N–H and O–H groups in total. The molecule has 0 amide bonds. The van der Waals surface area contributed by atoms with Gasteiger partial charge in [0.2, 0.25) is 0 Å². The van der Waals surface area contributed by atoms with Crippen molar-refractivity contribution in [1.82, 2.24) is 4.98 Å². The summed E-state index contributed by atoms with van der Waals surface area (Å²) in [5, 5.41) is 0.179. The molecule has 4 heteroatoms. The Kier molecular flexibility index (Phi) is 2.73. The average molecular weight is 223 g/mol. The van der Waals surface area contributed by atoms with E-state index in [2.05, 4.69) is 4.98 Å². The van der Waals surface area contributed by atoms with Gasteiger partial charge in [0.1, 0.15) is 0 Å². The average Bonchev–Trinajstić information content (AvgIpc) is 2.22. The predicted octanol–water partition coefficient (Wildman–Crippen LogP) is 2.76. The summed E-state index contributed by atoms with van der Waals surface area (Å²) >= 11 is 0.